The van der Waals surface area contributed by atoms with E-state index in [0.717, 1.165) is 61.4 Å². The molecule has 1 aliphatic heterocycles. The summed E-state index contributed by atoms with van der Waals surface area (Å²) in [5.41, 5.74) is 1.02. The van der Waals surface area contributed by atoms with Gasteiger partial charge in [-0.05, 0) is 19.2 Å². The Kier molecular flexibility index (Phi) is 11.0. The van der Waals surface area contributed by atoms with Crippen molar-refractivity contribution in [3.8, 4) is 0 Å². The van der Waals surface area contributed by atoms with Crippen LogP contribution in [0.5, 0.6) is 0 Å². The molecule has 0 bridgehead atoms. The zero-order valence-electron chi connectivity index (χ0n) is 12.1. The van der Waals surface area contributed by atoms with E-state index in [2.05, 4.69) is 22.2 Å². The van der Waals surface area contributed by atoms with E-state index in [1.54, 1.807) is 0 Å². The van der Waals surface area contributed by atoms with E-state index in [9.17, 15) is 0 Å². The molecule has 0 amide bonds. The molecular formula is C14H23Cl4N3. The van der Waals surface area contributed by atoms with Crippen LogP contribution in [-0.4, -0.2) is 56.1 Å². The van der Waals surface area contributed by atoms with Gasteiger partial charge in [0.2, 0.25) is 0 Å². The van der Waals surface area contributed by atoms with Gasteiger partial charge in [-0.1, -0.05) is 29.3 Å². The summed E-state index contributed by atoms with van der Waals surface area (Å²) < 4.78 is 0. The number of benzene rings is 1. The van der Waals surface area contributed by atoms with Crippen molar-refractivity contribution in [3.05, 3.63) is 33.8 Å². The SMILES string of the molecule is CN(CCN1CCNCC1)Cc1c(Cl)cccc1Cl.Cl.Cl. The van der Waals surface area contributed by atoms with Crippen LogP contribution in [0.15, 0.2) is 18.2 Å². The van der Waals surface area contributed by atoms with E-state index in [-0.39, 0.29) is 24.8 Å². The van der Waals surface area contributed by atoms with Crippen molar-refractivity contribution in [2.45, 2.75) is 6.54 Å². The Hall–Kier alpha value is 0.260. The maximum absolute atomic E-state index is 6.19. The van der Waals surface area contributed by atoms with Crippen molar-refractivity contribution in [1.82, 2.24) is 15.1 Å². The molecule has 21 heavy (non-hydrogen) atoms. The number of piperazine rings is 1. The molecule has 1 aromatic carbocycles. The Morgan fingerprint density at radius 2 is 1.71 bits per heavy atom. The van der Waals surface area contributed by atoms with Gasteiger partial charge in [0.15, 0.2) is 0 Å². The second-order valence-corrected chi connectivity index (χ2v) is 5.84. The Bertz CT molecular complexity index is 391. The summed E-state index contributed by atoms with van der Waals surface area (Å²) in [5.74, 6) is 0. The highest BCUT2D eigenvalue weighted by molar-refractivity contribution is 6.35. The molecule has 1 saturated heterocycles. The monoisotopic (exact) mass is 373 g/mol. The molecule has 2 rings (SSSR count). The fraction of sp³-hybridized carbons (Fsp3) is 0.571. The van der Waals surface area contributed by atoms with Gasteiger partial charge in [-0.25, -0.2) is 0 Å². The summed E-state index contributed by atoms with van der Waals surface area (Å²) in [7, 11) is 2.11. The lowest BCUT2D eigenvalue weighted by Gasteiger charge is -2.29. The van der Waals surface area contributed by atoms with Crippen LogP contribution in [0, 0.1) is 0 Å². The lowest BCUT2D eigenvalue weighted by Crippen LogP contribution is -2.45. The highest BCUT2D eigenvalue weighted by Gasteiger charge is 2.12. The minimum atomic E-state index is 0. The predicted molar refractivity (Wildman–Crippen MR) is 96.6 cm³/mol. The first-order valence-electron chi connectivity index (χ1n) is 6.71. The Morgan fingerprint density at radius 1 is 1.14 bits per heavy atom. The maximum Gasteiger partial charge on any atom is 0.0465 e. The number of hydrogen-bond acceptors (Lipinski definition) is 3. The van der Waals surface area contributed by atoms with E-state index in [4.69, 9.17) is 23.2 Å². The van der Waals surface area contributed by atoms with Crippen LogP contribution in [0.3, 0.4) is 0 Å². The molecule has 1 aromatic rings. The predicted octanol–water partition coefficient (Wildman–Crippen LogP) is 3.17. The minimum absolute atomic E-state index is 0. The maximum atomic E-state index is 6.19. The molecule has 0 aromatic heterocycles. The van der Waals surface area contributed by atoms with Crippen LogP contribution in [0.2, 0.25) is 10.0 Å². The quantitative estimate of drug-likeness (QED) is 0.853. The summed E-state index contributed by atoms with van der Waals surface area (Å²) in [4.78, 5) is 4.76. The molecular weight excluding hydrogens is 352 g/mol. The van der Waals surface area contributed by atoms with Crippen LogP contribution >= 0.6 is 48.0 Å². The summed E-state index contributed by atoms with van der Waals surface area (Å²) in [6, 6.07) is 5.68. The highest BCUT2D eigenvalue weighted by atomic mass is 35.5. The third kappa shape index (κ3) is 6.91. The van der Waals surface area contributed by atoms with Crippen molar-refractivity contribution in [2.75, 3.05) is 46.3 Å². The number of hydrogen-bond donors (Lipinski definition) is 1. The van der Waals surface area contributed by atoms with Gasteiger partial charge in [-0.15, -0.1) is 24.8 Å². The van der Waals surface area contributed by atoms with Crippen molar-refractivity contribution in [1.29, 1.82) is 0 Å². The van der Waals surface area contributed by atoms with Gasteiger partial charge < -0.3 is 10.2 Å². The second kappa shape index (κ2) is 10.9. The normalized spacial score (nSPS) is 15.4. The first-order chi connectivity index (χ1) is 9.16. The Balaban J connectivity index is 0.00000200. The fourth-order valence-corrected chi connectivity index (χ4v) is 2.80. The lowest BCUT2D eigenvalue weighted by atomic mass is 10.2. The van der Waals surface area contributed by atoms with Crippen molar-refractivity contribution in [2.24, 2.45) is 0 Å². The number of nitrogens with zero attached hydrogens (tertiary/aromatic N) is 2. The largest absolute Gasteiger partial charge is 0.314 e. The molecule has 1 fully saturated rings. The summed E-state index contributed by atoms with van der Waals surface area (Å²) >= 11 is 12.4. The van der Waals surface area contributed by atoms with Crippen LogP contribution < -0.4 is 5.32 Å². The topological polar surface area (TPSA) is 18.5 Å². The van der Waals surface area contributed by atoms with Crippen LogP contribution in [0.1, 0.15) is 5.56 Å². The first kappa shape index (κ1) is 21.3. The van der Waals surface area contributed by atoms with Gasteiger partial charge >= 0.3 is 0 Å². The average molecular weight is 375 g/mol. The second-order valence-electron chi connectivity index (χ2n) is 5.03. The molecule has 7 heteroatoms. The molecule has 1 aliphatic rings. The third-order valence-electron chi connectivity index (χ3n) is 3.50. The van der Waals surface area contributed by atoms with E-state index in [1.165, 1.54) is 0 Å². The molecule has 0 atom stereocenters. The smallest absolute Gasteiger partial charge is 0.0465 e. The minimum Gasteiger partial charge on any atom is -0.314 e. The van der Waals surface area contributed by atoms with Gasteiger partial charge in [0.25, 0.3) is 0 Å². The summed E-state index contributed by atoms with van der Waals surface area (Å²) in [6.07, 6.45) is 0. The van der Waals surface area contributed by atoms with Crippen LogP contribution in [-0.2, 0) is 6.54 Å². The van der Waals surface area contributed by atoms with Gasteiger partial charge in [0.05, 0.1) is 0 Å². The van der Waals surface area contributed by atoms with Gasteiger partial charge in [0.1, 0.15) is 0 Å². The number of nitrogens with one attached hydrogen (secondary N) is 1. The van der Waals surface area contributed by atoms with E-state index < -0.39 is 0 Å². The molecule has 1 N–H and O–H groups in total. The number of halogens is 4. The summed E-state index contributed by atoms with van der Waals surface area (Å²) in [5, 5.41) is 4.87. The molecule has 1 heterocycles. The molecule has 0 unspecified atom stereocenters. The van der Waals surface area contributed by atoms with Gasteiger partial charge in [0, 0.05) is 61.4 Å². The molecule has 0 aliphatic carbocycles. The first-order valence-corrected chi connectivity index (χ1v) is 7.47. The van der Waals surface area contributed by atoms with E-state index >= 15 is 0 Å². The third-order valence-corrected chi connectivity index (χ3v) is 4.21. The van der Waals surface area contributed by atoms with E-state index in [0.29, 0.717) is 0 Å². The molecule has 3 nitrogen and oxygen atoms in total. The van der Waals surface area contributed by atoms with Crippen molar-refractivity contribution < 1.29 is 0 Å². The average Bonchev–Trinajstić information content (AvgIpc) is 2.42. The molecule has 122 valence electrons. The Labute approximate surface area is 149 Å². The number of likely N-dealkylation sites (N-methyl/N-ethyl adjacent to an activating group) is 1. The number of rotatable bonds is 5. The Morgan fingerprint density at radius 3 is 2.29 bits per heavy atom. The zero-order valence-corrected chi connectivity index (χ0v) is 15.3. The molecule has 0 saturated carbocycles. The standard InChI is InChI=1S/C14H21Cl2N3.2ClH/c1-18(9-10-19-7-5-17-6-8-19)11-12-13(15)3-2-4-14(12)16;;/h2-4,17H,5-11H2,1H3;2*1H. The zero-order chi connectivity index (χ0) is 13.7. The summed E-state index contributed by atoms with van der Waals surface area (Å²) in [6.45, 7) is 7.40. The van der Waals surface area contributed by atoms with E-state index in [1.807, 2.05) is 18.2 Å². The molecule has 0 spiro atoms. The van der Waals surface area contributed by atoms with Crippen molar-refractivity contribution in [3.63, 3.8) is 0 Å². The fourth-order valence-electron chi connectivity index (χ4n) is 2.28. The van der Waals surface area contributed by atoms with Crippen LogP contribution in [0.4, 0.5) is 0 Å². The van der Waals surface area contributed by atoms with Crippen LogP contribution in [0.25, 0.3) is 0 Å². The lowest BCUT2D eigenvalue weighted by molar-refractivity contribution is 0.202. The highest BCUT2D eigenvalue weighted by Crippen LogP contribution is 2.25. The molecule has 0 radical (unpaired) electrons. The van der Waals surface area contributed by atoms with Gasteiger partial charge in [-0.3, -0.25) is 4.90 Å². The van der Waals surface area contributed by atoms with Gasteiger partial charge in [-0.2, -0.15) is 0 Å². The van der Waals surface area contributed by atoms with Crippen molar-refractivity contribution >= 4 is 48.0 Å².